The topological polar surface area (TPSA) is 96.0 Å². The van der Waals surface area contributed by atoms with E-state index in [0.717, 1.165) is 37.9 Å². The SMILES string of the molecule is CC(C)(C)CCN1CCN(C(=O)C(CCS(C)(=O)=O)NC(=O)OCc2ccccc2)CC1. The zero-order chi connectivity index (χ0) is 23.8. The van der Waals surface area contributed by atoms with Crippen LogP contribution in [0.2, 0.25) is 0 Å². The summed E-state index contributed by atoms with van der Waals surface area (Å²) in [5.41, 5.74) is 1.08. The Morgan fingerprint density at radius 3 is 2.28 bits per heavy atom. The minimum Gasteiger partial charge on any atom is -0.445 e. The number of sulfone groups is 1. The van der Waals surface area contributed by atoms with Crippen LogP contribution < -0.4 is 5.32 Å². The highest BCUT2D eigenvalue weighted by Crippen LogP contribution is 2.19. The van der Waals surface area contributed by atoms with Gasteiger partial charge in [-0.15, -0.1) is 0 Å². The maximum absolute atomic E-state index is 13.1. The first-order valence-electron chi connectivity index (χ1n) is 11.1. The van der Waals surface area contributed by atoms with Gasteiger partial charge in [-0.05, 0) is 30.4 Å². The minimum atomic E-state index is -3.28. The van der Waals surface area contributed by atoms with E-state index in [0.29, 0.717) is 13.1 Å². The molecule has 1 heterocycles. The number of nitrogens with zero attached hydrogens (tertiary/aromatic N) is 2. The normalized spacial score (nSPS) is 16.4. The van der Waals surface area contributed by atoms with Gasteiger partial charge in [-0.3, -0.25) is 9.69 Å². The zero-order valence-electron chi connectivity index (χ0n) is 19.7. The van der Waals surface area contributed by atoms with Gasteiger partial charge in [0.05, 0.1) is 5.75 Å². The second-order valence-electron chi connectivity index (χ2n) is 9.65. The first-order valence-corrected chi connectivity index (χ1v) is 13.1. The van der Waals surface area contributed by atoms with Gasteiger partial charge in [-0.1, -0.05) is 51.1 Å². The highest BCUT2D eigenvalue weighted by molar-refractivity contribution is 7.90. The number of piperazine rings is 1. The fourth-order valence-corrected chi connectivity index (χ4v) is 4.07. The molecule has 1 aromatic rings. The van der Waals surface area contributed by atoms with Crippen LogP contribution in [-0.4, -0.2) is 81.0 Å². The number of hydrogen-bond acceptors (Lipinski definition) is 6. The van der Waals surface area contributed by atoms with Gasteiger partial charge in [-0.25, -0.2) is 13.2 Å². The van der Waals surface area contributed by atoms with Gasteiger partial charge in [0.25, 0.3) is 0 Å². The molecule has 2 rings (SSSR count). The van der Waals surface area contributed by atoms with Crippen molar-refractivity contribution in [2.75, 3.05) is 44.7 Å². The molecule has 180 valence electrons. The van der Waals surface area contributed by atoms with Gasteiger partial charge in [-0.2, -0.15) is 0 Å². The highest BCUT2D eigenvalue weighted by Gasteiger charge is 2.30. The largest absolute Gasteiger partial charge is 0.445 e. The quantitative estimate of drug-likeness (QED) is 0.599. The molecule has 0 bridgehead atoms. The van der Waals surface area contributed by atoms with E-state index in [1.807, 2.05) is 30.3 Å². The molecule has 1 unspecified atom stereocenters. The third kappa shape index (κ3) is 9.99. The maximum Gasteiger partial charge on any atom is 0.408 e. The third-order valence-electron chi connectivity index (χ3n) is 5.44. The third-order valence-corrected chi connectivity index (χ3v) is 6.42. The molecule has 1 fully saturated rings. The number of nitrogens with one attached hydrogen (secondary N) is 1. The molecule has 0 aliphatic carbocycles. The summed E-state index contributed by atoms with van der Waals surface area (Å²) in [5, 5.41) is 2.58. The number of benzene rings is 1. The van der Waals surface area contributed by atoms with Crippen molar-refractivity contribution >= 4 is 21.8 Å². The van der Waals surface area contributed by atoms with E-state index in [9.17, 15) is 18.0 Å². The van der Waals surface area contributed by atoms with Gasteiger partial charge in [0, 0.05) is 32.4 Å². The molecular formula is C23H37N3O5S. The average Bonchev–Trinajstić information content (AvgIpc) is 2.73. The summed E-state index contributed by atoms with van der Waals surface area (Å²) >= 11 is 0. The Morgan fingerprint density at radius 2 is 1.72 bits per heavy atom. The van der Waals surface area contributed by atoms with E-state index in [2.05, 4.69) is 31.0 Å². The van der Waals surface area contributed by atoms with Crippen molar-refractivity contribution in [1.29, 1.82) is 0 Å². The molecule has 9 heteroatoms. The lowest BCUT2D eigenvalue weighted by Crippen LogP contribution is -2.55. The number of ether oxygens (including phenoxy) is 1. The molecule has 1 saturated heterocycles. The number of carbonyl (C=O) groups excluding carboxylic acids is 2. The molecule has 32 heavy (non-hydrogen) atoms. The summed E-state index contributed by atoms with van der Waals surface area (Å²) in [4.78, 5) is 29.4. The molecule has 1 aromatic carbocycles. The fraction of sp³-hybridized carbons (Fsp3) is 0.652. The van der Waals surface area contributed by atoms with Crippen molar-refractivity contribution in [2.45, 2.75) is 46.3 Å². The molecule has 1 aliphatic heterocycles. The molecule has 1 N–H and O–H groups in total. The van der Waals surface area contributed by atoms with Crippen molar-refractivity contribution in [3.05, 3.63) is 35.9 Å². The lowest BCUT2D eigenvalue weighted by atomic mass is 9.92. The first kappa shape index (κ1) is 26.1. The molecule has 1 atom stereocenters. The Kier molecular flexibility index (Phi) is 9.51. The van der Waals surface area contributed by atoms with E-state index in [-0.39, 0.29) is 30.1 Å². The van der Waals surface area contributed by atoms with Crippen molar-refractivity contribution in [3.8, 4) is 0 Å². The number of amides is 2. The molecule has 1 aliphatic rings. The van der Waals surface area contributed by atoms with Crippen molar-refractivity contribution in [1.82, 2.24) is 15.1 Å². The van der Waals surface area contributed by atoms with Crippen LogP contribution in [-0.2, 0) is 26.0 Å². The zero-order valence-corrected chi connectivity index (χ0v) is 20.5. The summed E-state index contributed by atoms with van der Waals surface area (Å²) in [7, 11) is -3.28. The number of carbonyl (C=O) groups is 2. The van der Waals surface area contributed by atoms with Crippen LogP contribution in [0.1, 0.15) is 39.2 Å². The van der Waals surface area contributed by atoms with Crippen molar-refractivity contribution < 1.29 is 22.7 Å². The Morgan fingerprint density at radius 1 is 1.09 bits per heavy atom. The monoisotopic (exact) mass is 467 g/mol. The lowest BCUT2D eigenvalue weighted by molar-refractivity contribution is -0.135. The number of hydrogen-bond donors (Lipinski definition) is 1. The Balaban J connectivity index is 1.92. The fourth-order valence-electron chi connectivity index (χ4n) is 3.40. The van der Waals surface area contributed by atoms with E-state index < -0.39 is 22.0 Å². The smallest absolute Gasteiger partial charge is 0.408 e. The number of alkyl carbamates (subject to hydrolysis) is 1. The maximum atomic E-state index is 13.1. The van der Waals surface area contributed by atoms with Crippen LogP contribution in [0, 0.1) is 5.41 Å². The Hall–Kier alpha value is -2.13. The van der Waals surface area contributed by atoms with E-state index >= 15 is 0 Å². The molecular weight excluding hydrogens is 430 g/mol. The van der Waals surface area contributed by atoms with Crippen molar-refractivity contribution in [2.24, 2.45) is 5.41 Å². The minimum absolute atomic E-state index is 0.0162. The second-order valence-corrected chi connectivity index (χ2v) is 11.9. The summed E-state index contributed by atoms with van der Waals surface area (Å²) in [6.45, 7) is 10.3. The highest BCUT2D eigenvalue weighted by atomic mass is 32.2. The predicted molar refractivity (Wildman–Crippen MR) is 125 cm³/mol. The molecule has 2 amide bonds. The van der Waals surface area contributed by atoms with Crippen LogP contribution in [0.15, 0.2) is 30.3 Å². The van der Waals surface area contributed by atoms with E-state index in [1.165, 1.54) is 0 Å². The standard InChI is InChI=1S/C23H37N3O5S/c1-23(2,3)11-12-25-13-15-26(16-14-25)21(27)20(10-17-32(4,29)30)24-22(28)31-18-19-8-6-5-7-9-19/h5-9,20H,10-18H2,1-4H3,(H,24,28). The molecule has 0 radical (unpaired) electrons. The predicted octanol–water partition coefficient (Wildman–Crippen LogP) is 2.30. The summed E-state index contributed by atoms with van der Waals surface area (Å²) in [5.74, 6) is -0.450. The van der Waals surface area contributed by atoms with Gasteiger partial charge in [0.1, 0.15) is 22.5 Å². The molecule has 0 saturated carbocycles. The molecule has 8 nitrogen and oxygen atoms in total. The Labute approximate surface area is 192 Å². The Bertz CT molecular complexity index is 844. The van der Waals surface area contributed by atoms with Crippen LogP contribution >= 0.6 is 0 Å². The van der Waals surface area contributed by atoms with Gasteiger partial charge < -0.3 is 15.0 Å². The van der Waals surface area contributed by atoms with E-state index in [4.69, 9.17) is 4.74 Å². The van der Waals surface area contributed by atoms with Crippen LogP contribution in [0.25, 0.3) is 0 Å². The summed E-state index contributed by atoms with van der Waals surface area (Å²) < 4.78 is 28.5. The second kappa shape index (κ2) is 11.7. The van der Waals surface area contributed by atoms with Crippen LogP contribution in [0.4, 0.5) is 4.79 Å². The summed E-state index contributed by atoms with van der Waals surface area (Å²) in [6.07, 6.45) is 1.48. The molecule has 0 aromatic heterocycles. The van der Waals surface area contributed by atoms with Gasteiger partial charge in [0.15, 0.2) is 0 Å². The van der Waals surface area contributed by atoms with Crippen molar-refractivity contribution in [3.63, 3.8) is 0 Å². The lowest BCUT2D eigenvalue weighted by Gasteiger charge is -2.37. The van der Waals surface area contributed by atoms with Crippen LogP contribution in [0.3, 0.4) is 0 Å². The van der Waals surface area contributed by atoms with Gasteiger partial charge >= 0.3 is 6.09 Å². The summed E-state index contributed by atoms with van der Waals surface area (Å²) in [6, 6.07) is 8.28. The molecule has 0 spiro atoms. The first-order chi connectivity index (χ1) is 14.9. The van der Waals surface area contributed by atoms with Gasteiger partial charge in [0.2, 0.25) is 5.91 Å². The average molecular weight is 468 g/mol. The van der Waals surface area contributed by atoms with E-state index in [1.54, 1.807) is 4.90 Å². The number of rotatable bonds is 9. The van der Waals surface area contributed by atoms with Crippen LogP contribution in [0.5, 0.6) is 0 Å².